The van der Waals surface area contributed by atoms with E-state index in [2.05, 4.69) is 13.8 Å². The van der Waals surface area contributed by atoms with Crippen molar-refractivity contribution in [2.24, 2.45) is 11.7 Å². The monoisotopic (exact) mass is 321 g/mol. The van der Waals surface area contributed by atoms with Crippen LogP contribution < -0.4 is 11.3 Å². The Morgan fingerprint density at radius 2 is 1.75 bits per heavy atom. The lowest BCUT2D eigenvalue weighted by Gasteiger charge is -2.20. The molecule has 0 saturated heterocycles. The number of hydrogen-bond acceptors (Lipinski definition) is 2. The first-order valence-corrected chi connectivity index (χ1v) is 8.15. The summed E-state index contributed by atoms with van der Waals surface area (Å²) in [7, 11) is 0. The minimum absolute atomic E-state index is 0.0844. The van der Waals surface area contributed by atoms with Crippen molar-refractivity contribution in [2.45, 2.75) is 26.9 Å². The van der Waals surface area contributed by atoms with Crippen LogP contribution in [0, 0.1) is 5.92 Å². The zero-order valence-corrected chi connectivity index (χ0v) is 14.0. The van der Waals surface area contributed by atoms with Crippen molar-refractivity contribution in [3.05, 3.63) is 64.6 Å². The van der Waals surface area contributed by atoms with Gasteiger partial charge < -0.3 is 10.3 Å². The quantitative estimate of drug-likeness (QED) is 0.791. The second-order valence-electron chi connectivity index (χ2n) is 6.41. The van der Waals surface area contributed by atoms with Crippen molar-refractivity contribution in [1.82, 2.24) is 4.57 Å². The fourth-order valence-electron chi connectivity index (χ4n) is 3.17. The van der Waals surface area contributed by atoms with Crippen molar-refractivity contribution < 1.29 is 5.11 Å². The van der Waals surface area contributed by atoms with Gasteiger partial charge in [0, 0.05) is 35.1 Å². The van der Waals surface area contributed by atoms with Crippen LogP contribution in [-0.4, -0.2) is 4.57 Å². The van der Waals surface area contributed by atoms with Crippen molar-refractivity contribution >= 4 is 10.8 Å². The first kappa shape index (κ1) is 16.3. The molecule has 2 N–H and O–H groups in total. The second kappa shape index (κ2) is 6.49. The second-order valence-corrected chi connectivity index (χ2v) is 6.41. The lowest BCUT2D eigenvalue weighted by molar-refractivity contribution is 0.355. The van der Waals surface area contributed by atoms with Crippen molar-refractivity contribution in [3.8, 4) is 16.9 Å². The standard InChI is InChI=1S/C20H21N2O2/c1-13(2)12-22-18(11-21)19(14-6-4-3-5-7-14)17-10-15(23)8-9-16(17)20(22)24/h3-10,13H,11-12,21H2,1-2H3. The molecule has 123 valence electrons. The number of pyridine rings is 1. The predicted molar refractivity (Wildman–Crippen MR) is 96.5 cm³/mol. The van der Waals surface area contributed by atoms with E-state index in [-0.39, 0.29) is 17.9 Å². The average Bonchev–Trinajstić information content (AvgIpc) is 2.57. The maximum atomic E-state index is 12.9. The maximum absolute atomic E-state index is 12.9. The zero-order valence-electron chi connectivity index (χ0n) is 14.0. The molecule has 0 atom stereocenters. The van der Waals surface area contributed by atoms with Crippen molar-refractivity contribution in [2.75, 3.05) is 0 Å². The molecule has 0 amide bonds. The van der Waals surface area contributed by atoms with Gasteiger partial charge in [0.25, 0.3) is 5.56 Å². The molecule has 0 fully saturated rings. The minimum atomic E-state index is -0.108. The summed E-state index contributed by atoms with van der Waals surface area (Å²) >= 11 is 0. The van der Waals surface area contributed by atoms with E-state index < -0.39 is 0 Å². The van der Waals surface area contributed by atoms with Gasteiger partial charge in [-0.1, -0.05) is 44.2 Å². The SMILES string of the molecule is CC(C)Cn1c(CN)c(-c2ccccc2)c2cc([O])ccc2c1=O. The number of benzene rings is 2. The maximum Gasteiger partial charge on any atom is 0.258 e. The van der Waals surface area contributed by atoms with Gasteiger partial charge in [-0.3, -0.25) is 9.90 Å². The van der Waals surface area contributed by atoms with E-state index in [9.17, 15) is 9.90 Å². The van der Waals surface area contributed by atoms with Crippen LogP contribution in [-0.2, 0) is 18.2 Å². The molecule has 24 heavy (non-hydrogen) atoms. The Labute approximate surface area is 141 Å². The van der Waals surface area contributed by atoms with Crippen LogP contribution in [0.2, 0.25) is 0 Å². The number of fused-ring (bicyclic) bond motifs is 1. The molecule has 0 aliphatic heterocycles. The molecule has 1 heterocycles. The molecule has 1 radical (unpaired) electrons. The summed E-state index contributed by atoms with van der Waals surface area (Å²) in [5.41, 5.74) is 8.56. The summed E-state index contributed by atoms with van der Waals surface area (Å²) in [5, 5.41) is 13.1. The summed E-state index contributed by atoms with van der Waals surface area (Å²) in [6.45, 7) is 4.98. The van der Waals surface area contributed by atoms with E-state index in [1.807, 2.05) is 30.3 Å². The van der Waals surface area contributed by atoms with Gasteiger partial charge in [0.1, 0.15) is 0 Å². The van der Waals surface area contributed by atoms with E-state index in [0.717, 1.165) is 16.8 Å². The Morgan fingerprint density at radius 3 is 2.38 bits per heavy atom. The molecule has 0 bridgehead atoms. The third kappa shape index (κ3) is 2.81. The van der Waals surface area contributed by atoms with Crippen LogP contribution in [0.5, 0.6) is 5.75 Å². The van der Waals surface area contributed by atoms with Crippen LogP contribution in [0.15, 0.2) is 53.3 Å². The summed E-state index contributed by atoms with van der Waals surface area (Å²) in [6, 6.07) is 14.4. The lowest BCUT2D eigenvalue weighted by atomic mass is 9.96. The van der Waals surface area contributed by atoms with Crippen LogP contribution in [0.1, 0.15) is 19.5 Å². The van der Waals surface area contributed by atoms with Gasteiger partial charge in [-0.15, -0.1) is 0 Å². The first-order chi connectivity index (χ1) is 11.5. The van der Waals surface area contributed by atoms with Gasteiger partial charge in [-0.2, -0.15) is 0 Å². The van der Waals surface area contributed by atoms with Crippen LogP contribution in [0.25, 0.3) is 21.9 Å². The highest BCUT2D eigenvalue weighted by Gasteiger charge is 2.18. The highest BCUT2D eigenvalue weighted by Crippen LogP contribution is 2.32. The van der Waals surface area contributed by atoms with Gasteiger partial charge in [-0.05, 0) is 29.7 Å². The van der Waals surface area contributed by atoms with E-state index in [4.69, 9.17) is 5.73 Å². The van der Waals surface area contributed by atoms with E-state index in [1.165, 1.54) is 12.1 Å². The van der Waals surface area contributed by atoms with Gasteiger partial charge in [0.2, 0.25) is 0 Å². The molecule has 0 aliphatic carbocycles. The summed E-state index contributed by atoms with van der Waals surface area (Å²) in [6.07, 6.45) is 0. The van der Waals surface area contributed by atoms with Gasteiger partial charge >= 0.3 is 0 Å². The molecular weight excluding hydrogens is 300 g/mol. The Balaban J connectivity index is 2.48. The fraction of sp³-hybridized carbons (Fsp3) is 0.250. The van der Waals surface area contributed by atoms with Crippen LogP contribution in [0.4, 0.5) is 0 Å². The third-order valence-corrected chi connectivity index (χ3v) is 4.15. The molecule has 2 aromatic carbocycles. The largest absolute Gasteiger partial charge is 0.325 e. The Kier molecular flexibility index (Phi) is 4.40. The number of hydrogen-bond donors (Lipinski definition) is 1. The van der Waals surface area contributed by atoms with E-state index in [1.54, 1.807) is 10.6 Å². The van der Waals surface area contributed by atoms with Crippen molar-refractivity contribution in [3.63, 3.8) is 0 Å². The summed E-state index contributed by atoms with van der Waals surface area (Å²) < 4.78 is 1.76. The molecule has 4 heteroatoms. The highest BCUT2D eigenvalue weighted by molar-refractivity contribution is 5.98. The molecule has 1 aromatic heterocycles. The zero-order chi connectivity index (χ0) is 17.3. The molecule has 0 spiro atoms. The number of rotatable bonds is 4. The lowest BCUT2D eigenvalue weighted by Crippen LogP contribution is -2.28. The molecule has 3 aromatic rings. The molecule has 3 rings (SSSR count). The Bertz CT molecular complexity index is 928. The first-order valence-electron chi connectivity index (χ1n) is 8.15. The topological polar surface area (TPSA) is 67.9 Å². The fourth-order valence-corrected chi connectivity index (χ4v) is 3.17. The molecule has 0 aliphatic rings. The average molecular weight is 321 g/mol. The molecular formula is C20H21N2O2. The Hall–Kier alpha value is -2.59. The van der Waals surface area contributed by atoms with Crippen LogP contribution in [0.3, 0.4) is 0 Å². The molecule has 0 unspecified atom stereocenters. The number of nitrogens with zero attached hydrogens (tertiary/aromatic N) is 1. The molecule has 4 nitrogen and oxygen atoms in total. The normalized spacial score (nSPS) is 11.3. The molecule has 0 saturated carbocycles. The summed E-state index contributed by atoms with van der Waals surface area (Å²) in [5.74, 6) is 0.205. The predicted octanol–water partition coefficient (Wildman–Crippen LogP) is 3.93. The van der Waals surface area contributed by atoms with E-state index in [0.29, 0.717) is 23.2 Å². The smallest absolute Gasteiger partial charge is 0.258 e. The van der Waals surface area contributed by atoms with E-state index >= 15 is 0 Å². The highest BCUT2D eigenvalue weighted by atomic mass is 16.3. The Morgan fingerprint density at radius 1 is 1.04 bits per heavy atom. The third-order valence-electron chi connectivity index (χ3n) is 4.15. The number of nitrogens with two attached hydrogens (primary N) is 1. The van der Waals surface area contributed by atoms with Crippen molar-refractivity contribution in [1.29, 1.82) is 0 Å². The number of aromatic nitrogens is 1. The van der Waals surface area contributed by atoms with Gasteiger partial charge in [0.05, 0.1) is 0 Å². The van der Waals surface area contributed by atoms with Crippen LogP contribution >= 0.6 is 0 Å². The van der Waals surface area contributed by atoms with Gasteiger partial charge in [-0.25, -0.2) is 0 Å². The summed E-state index contributed by atoms with van der Waals surface area (Å²) in [4.78, 5) is 12.9. The minimum Gasteiger partial charge on any atom is -0.325 e. The van der Waals surface area contributed by atoms with Gasteiger partial charge in [0.15, 0.2) is 5.75 Å².